The molecule has 0 aliphatic heterocycles. The van der Waals surface area contributed by atoms with Crippen LogP contribution in [0.5, 0.6) is 11.5 Å². The van der Waals surface area contributed by atoms with Crippen LogP contribution in [0.2, 0.25) is 0 Å². The van der Waals surface area contributed by atoms with Gasteiger partial charge >= 0.3 is 0 Å². The summed E-state index contributed by atoms with van der Waals surface area (Å²) in [7, 11) is 0. The van der Waals surface area contributed by atoms with Gasteiger partial charge < -0.3 is 14.9 Å². The number of hydrogen-bond acceptors (Lipinski definition) is 3. The second kappa shape index (κ2) is 14.0. The quantitative estimate of drug-likeness (QED) is 0.202. The van der Waals surface area contributed by atoms with Gasteiger partial charge in [0.25, 0.3) is 0 Å². The number of unbranched alkanes of at least 4 members (excludes halogenated alkanes) is 4. The van der Waals surface area contributed by atoms with Crippen molar-refractivity contribution in [3.63, 3.8) is 0 Å². The van der Waals surface area contributed by atoms with Crippen LogP contribution in [0.1, 0.15) is 153 Å². The molecule has 47 heavy (non-hydrogen) atoms. The number of aryl methyl sites for hydroxylation is 2. The molecule has 3 heteroatoms. The Kier molecular flexibility index (Phi) is 10.2. The third-order valence-electron chi connectivity index (χ3n) is 12.9. The monoisotopic (exact) mass is 634 g/mol. The van der Waals surface area contributed by atoms with E-state index in [4.69, 9.17) is 4.74 Å². The predicted molar refractivity (Wildman–Crippen MR) is 193 cm³/mol. The van der Waals surface area contributed by atoms with Crippen molar-refractivity contribution in [2.45, 2.75) is 165 Å². The zero-order valence-corrected chi connectivity index (χ0v) is 29.6. The van der Waals surface area contributed by atoms with E-state index in [0.717, 1.165) is 75.7 Å². The molecule has 252 valence electrons. The maximum Gasteiger partial charge on any atom is 0.127 e. The molecule has 4 aliphatic carbocycles. The van der Waals surface area contributed by atoms with Crippen LogP contribution in [0.25, 0.3) is 0 Å². The molecule has 6 rings (SSSR count). The van der Waals surface area contributed by atoms with Crippen molar-refractivity contribution in [1.82, 2.24) is 0 Å². The molecular weight excluding hydrogens is 576 g/mol. The summed E-state index contributed by atoms with van der Waals surface area (Å²) in [5.41, 5.74) is 4.46. The smallest absolute Gasteiger partial charge is 0.127 e. The lowest BCUT2D eigenvalue weighted by molar-refractivity contribution is -0.0116. The van der Waals surface area contributed by atoms with Gasteiger partial charge in [-0.2, -0.15) is 0 Å². The Labute approximate surface area is 285 Å². The van der Waals surface area contributed by atoms with Crippen LogP contribution in [-0.2, 0) is 23.7 Å². The van der Waals surface area contributed by atoms with Gasteiger partial charge in [0.15, 0.2) is 0 Å². The summed E-state index contributed by atoms with van der Waals surface area (Å²) in [5.74, 6) is 15.2. The molecule has 6 atom stereocenters. The first-order chi connectivity index (χ1) is 22.7. The summed E-state index contributed by atoms with van der Waals surface area (Å²) in [4.78, 5) is 0. The van der Waals surface area contributed by atoms with Gasteiger partial charge in [-0.3, -0.25) is 0 Å². The van der Waals surface area contributed by atoms with E-state index in [-0.39, 0.29) is 10.8 Å². The van der Waals surface area contributed by atoms with Crippen molar-refractivity contribution in [3.05, 3.63) is 58.7 Å². The average molecular weight is 635 g/mol. The van der Waals surface area contributed by atoms with Gasteiger partial charge in [0, 0.05) is 0 Å². The SMILES string of the molecule is CC#CC1(O)CCC2(CCCCC)c3ccc(Oc4ccc5c(c4)CCC4CC(O)(C#CC)CCC54CCCCC)cc3CCC2C1. The van der Waals surface area contributed by atoms with Crippen molar-refractivity contribution in [1.29, 1.82) is 0 Å². The third kappa shape index (κ3) is 6.65. The van der Waals surface area contributed by atoms with Crippen LogP contribution in [0.15, 0.2) is 36.4 Å². The highest BCUT2D eigenvalue weighted by Crippen LogP contribution is 2.57. The average Bonchev–Trinajstić information content (AvgIpc) is 3.05. The first-order valence-corrected chi connectivity index (χ1v) is 19.0. The zero-order valence-electron chi connectivity index (χ0n) is 29.6. The van der Waals surface area contributed by atoms with Gasteiger partial charge in [0.05, 0.1) is 0 Å². The van der Waals surface area contributed by atoms with Crippen LogP contribution in [0.4, 0.5) is 0 Å². The molecule has 2 N–H and O–H groups in total. The Morgan fingerprint density at radius 2 is 1.11 bits per heavy atom. The van der Waals surface area contributed by atoms with Crippen LogP contribution in [0, 0.1) is 35.5 Å². The number of hydrogen-bond donors (Lipinski definition) is 2. The highest BCUT2D eigenvalue weighted by Gasteiger charge is 2.52. The maximum atomic E-state index is 11.3. The topological polar surface area (TPSA) is 49.7 Å². The molecule has 0 radical (unpaired) electrons. The highest BCUT2D eigenvalue weighted by molar-refractivity contribution is 5.48. The summed E-state index contributed by atoms with van der Waals surface area (Å²) in [5, 5.41) is 22.6. The number of aliphatic hydroxyl groups is 2. The third-order valence-corrected chi connectivity index (χ3v) is 12.9. The number of ether oxygens (including phenoxy) is 1. The summed E-state index contributed by atoms with van der Waals surface area (Å²) in [6.07, 6.45) is 19.2. The largest absolute Gasteiger partial charge is 0.457 e. The number of fused-ring (bicyclic) bond motifs is 6. The minimum Gasteiger partial charge on any atom is -0.457 e. The van der Waals surface area contributed by atoms with Crippen LogP contribution < -0.4 is 4.74 Å². The van der Waals surface area contributed by atoms with Crippen LogP contribution in [-0.4, -0.2) is 21.4 Å². The molecule has 2 aromatic rings. The Hall–Kier alpha value is -2.72. The van der Waals surface area contributed by atoms with Gasteiger partial charge in [-0.15, -0.1) is 11.8 Å². The molecule has 0 amide bonds. The fraction of sp³-hybridized carbons (Fsp3) is 0.636. The number of benzene rings is 2. The summed E-state index contributed by atoms with van der Waals surface area (Å²) < 4.78 is 6.66. The van der Waals surface area contributed by atoms with Gasteiger partial charge in [-0.25, -0.2) is 0 Å². The molecule has 0 bridgehead atoms. The minimum atomic E-state index is -0.836. The molecule has 2 aromatic carbocycles. The minimum absolute atomic E-state index is 0.131. The summed E-state index contributed by atoms with van der Waals surface area (Å²) in [6, 6.07) is 13.8. The molecule has 0 saturated heterocycles. The van der Waals surface area contributed by atoms with E-state index < -0.39 is 11.2 Å². The van der Waals surface area contributed by atoms with Crippen molar-refractivity contribution >= 4 is 0 Å². The molecular formula is C44H58O3. The lowest BCUT2D eigenvalue weighted by atomic mass is 9.53. The van der Waals surface area contributed by atoms with Gasteiger partial charge in [0.2, 0.25) is 0 Å². The van der Waals surface area contributed by atoms with E-state index in [2.05, 4.69) is 73.9 Å². The van der Waals surface area contributed by atoms with Crippen molar-refractivity contribution < 1.29 is 14.9 Å². The first-order valence-electron chi connectivity index (χ1n) is 19.0. The van der Waals surface area contributed by atoms with E-state index >= 15 is 0 Å². The Bertz CT molecular complexity index is 1440. The Balaban J connectivity index is 1.25. The fourth-order valence-electron chi connectivity index (χ4n) is 10.6. The van der Waals surface area contributed by atoms with Gasteiger partial charge in [-0.05, 0) is 160 Å². The van der Waals surface area contributed by atoms with Crippen molar-refractivity contribution in [2.24, 2.45) is 11.8 Å². The van der Waals surface area contributed by atoms with E-state index in [1.54, 1.807) is 0 Å². The second-order valence-electron chi connectivity index (χ2n) is 15.7. The molecule has 0 heterocycles. The number of rotatable bonds is 10. The lowest BCUT2D eigenvalue weighted by Crippen LogP contribution is -2.49. The molecule has 0 spiro atoms. The normalized spacial score (nSPS) is 32.3. The summed E-state index contributed by atoms with van der Waals surface area (Å²) >= 11 is 0. The molecule has 2 fully saturated rings. The van der Waals surface area contributed by atoms with Gasteiger partial charge in [-0.1, -0.05) is 76.3 Å². The molecule has 0 aromatic heterocycles. The van der Waals surface area contributed by atoms with Crippen molar-refractivity contribution in [3.8, 4) is 35.2 Å². The standard InChI is InChI=1S/C44H58O3/c1-5-9-11-23-43-27-25-41(45,21-7-3)31-35(43)15-13-33-29-37(17-19-39(33)43)47-38-18-20-40-34(30-38)14-16-36-32-42(46,22-8-4)26-28-44(36,40)24-12-10-6-2/h17-20,29-30,35-36,45-46H,5-6,9-16,23-28,31-32H2,1-4H3. The molecule has 4 aliphatic rings. The van der Waals surface area contributed by atoms with Gasteiger partial charge in [0.1, 0.15) is 22.7 Å². The van der Waals surface area contributed by atoms with Crippen LogP contribution >= 0.6 is 0 Å². The Morgan fingerprint density at radius 3 is 1.51 bits per heavy atom. The van der Waals surface area contributed by atoms with E-state index in [0.29, 0.717) is 11.8 Å². The van der Waals surface area contributed by atoms with Crippen LogP contribution in [0.3, 0.4) is 0 Å². The molecule has 2 saturated carbocycles. The first kappa shape index (κ1) is 34.2. The lowest BCUT2D eigenvalue weighted by Gasteiger charge is -2.52. The summed E-state index contributed by atoms with van der Waals surface area (Å²) in [6.45, 7) is 8.27. The van der Waals surface area contributed by atoms with E-state index in [1.807, 2.05) is 13.8 Å². The predicted octanol–water partition coefficient (Wildman–Crippen LogP) is 10.1. The highest BCUT2D eigenvalue weighted by atomic mass is 16.5. The fourth-order valence-corrected chi connectivity index (χ4v) is 10.6. The maximum absolute atomic E-state index is 11.3. The van der Waals surface area contributed by atoms with E-state index in [1.165, 1.54) is 73.6 Å². The Morgan fingerprint density at radius 1 is 0.660 bits per heavy atom. The zero-order chi connectivity index (χ0) is 33.1. The van der Waals surface area contributed by atoms with Crippen molar-refractivity contribution in [2.75, 3.05) is 0 Å². The molecule has 6 unspecified atom stereocenters. The second-order valence-corrected chi connectivity index (χ2v) is 15.7. The van der Waals surface area contributed by atoms with E-state index in [9.17, 15) is 10.2 Å². The molecule has 3 nitrogen and oxygen atoms in total.